The molecule has 5 heteroatoms. The number of imidazole rings is 1. The van der Waals surface area contributed by atoms with Crippen molar-refractivity contribution in [3.63, 3.8) is 0 Å². The molecule has 3 aromatic rings. The fraction of sp³-hybridized carbons (Fsp3) is 0.263. The Morgan fingerprint density at radius 2 is 1.67 bits per heavy atom. The highest BCUT2D eigenvalue weighted by Crippen LogP contribution is 2.15. The average molecular weight is 323 g/mol. The van der Waals surface area contributed by atoms with E-state index in [2.05, 4.69) is 41.3 Å². The highest BCUT2D eigenvalue weighted by molar-refractivity contribution is 5.79. The third-order valence-corrected chi connectivity index (χ3v) is 4.08. The van der Waals surface area contributed by atoms with Crippen molar-refractivity contribution in [2.75, 3.05) is 0 Å². The Morgan fingerprint density at radius 1 is 1.00 bits per heavy atom. The van der Waals surface area contributed by atoms with E-state index in [0.29, 0.717) is 18.9 Å². The Kier molecular flexibility index (Phi) is 4.51. The van der Waals surface area contributed by atoms with Crippen LogP contribution in [0.1, 0.15) is 36.5 Å². The molecule has 0 saturated heterocycles. The standard InChI is InChI=1S/C19H21N3O2/c1-12(2)15-6-3-13(4-7-15)10-18(23)20-11-14-5-8-16-17(9-14)22-19(24)21-16/h3-9,12H,10-11H2,1-2H3,(H,20,23)(H2,21,22,24). The summed E-state index contributed by atoms with van der Waals surface area (Å²) in [5, 5.41) is 2.92. The minimum absolute atomic E-state index is 0.0186. The van der Waals surface area contributed by atoms with Crippen LogP contribution >= 0.6 is 0 Å². The van der Waals surface area contributed by atoms with E-state index < -0.39 is 0 Å². The number of aromatic amines is 2. The fourth-order valence-corrected chi connectivity index (χ4v) is 2.66. The van der Waals surface area contributed by atoms with Crippen molar-refractivity contribution >= 4 is 16.9 Å². The number of carbonyl (C=O) groups excluding carboxylic acids is 1. The molecule has 3 rings (SSSR count). The predicted octanol–water partition coefficient (Wildman–Crippen LogP) is 2.84. The molecule has 0 aliphatic carbocycles. The molecule has 0 bridgehead atoms. The van der Waals surface area contributed by atoms with Crippen LogP contribution in [0.5, 0.6) is 0 Å². The van der Waals surface area contributed by atoms with E-state index in [9.17, 15) is 9.59 Å². The number of amides is 1. The molecule has 124 valence electrons. The Morgan fingerprint density at radius 3 is 2.38 bits per heavy atom. The zero-order valence-electron chi connectivity index (χ0n) is 13.8. The van der Waals surface area contributed by atoms with Gasteiger partial charge in [0.15, 0.2) is 0 Å². The topological polar surface area (TPSA) is 77.8 Å². The van der Waals surface area contributed by atoms with Gasteiger partial charge in [0, 0.05) is 6.54 Å². The molecular weight excluding hydrogens is 302 g/mol. The van der Waals surface area contributed by atoms with Crippen molar-refractivity contribution in [1.82, 2.24) is 15.3 Å². The number of benzene rings is 2. The van der Waals surface area contributed by atoms with Gasteiger partial charge in [-0.05, 0) is 34.7 Å². The van der Waals surface area contributed by atoms with Gasteiger partial charge in [0.2, 0.25) is 5.91 Å². The fourth-order valence-electron chi connectivity index (χ4n) is 2.66. The molecular formula is C19H21N3O2. The van der Waals surface area contributed by atoms with Crippen LogP contribution in [0.3, 0.4) is 0 Å². The summed E-state index contributed by atoms with van der Waals surface area (Å²) in [6, 6.07) is 13.7. The molecule has 2 aromatic carbocycles. The summed E-state index contributed by atoms with van der Waals surface area (Å²) >= 11 is 0. The van der Waals surface area contributed by atoms with Crippen molar-refractivity contribution in [1.29, 1.82) is 0 Å². The molecule has 0 radical (unpaired) electrons. The molecule has 0 aliphatic rings. The minimum Gasteiger partial charge on any atom is -0.352 e. The quantitative estimate of drug-likeness (QED) is 0.675. The van der Waals surface area contributed by atoms with Crippen molar-refractivity contribution < 1.29 is 4.79 Å². The van der Waals surface area contributed by atoms with Crippen molar-refractivity contribution in [3.8, 4) is 0 Å². The van der Waals surface area contributed by atoms with Gasteiger partial charge in [0.1, 0.15) is 0 Å². The second-order valence-corrected chi connectivity index (χ2v) is 6.31. The SMILES string of the molecule is CC(C)c1ccc(CC(=O)NCc2ccc3[nH]c(=O)[nH]c3c2)cc1. The van der Waals surface area contributed by atoms with Gasteiger partial charge in [-0.25, -0.2) is 4.79 Å². The highest BCUT2D eigenvalue weighted by atomic mass is 16.1. The maximum atomic E-state index is 12.1. The number of fused-ring (bicyclic) bond motifs is 1. The Labute approximate surface area is 140 Å². The third-order valence-electron chi connectivity index (χ3n) is 4.08. The van der Waals surface area contributed by atoms with Crippen LogP contribution in [0, 0.1) is 0 Å². The van der Waals surface area contributed by atoms with Gasteiger partial charge in [-0.3, -0.25) is 4.79 Å². The normalized spacial score (nSPS) is 11.1. The van der Waals surface area contributed by atoms with Crippen LogP contribution < -0.4 is 11.0 Å². The molecule has 3 N–H and O–H groups in total. The monoisotopic (exact) mass is 323 g/mol. The zero-order chi connectivity index (χ0) is 17.1. The highest BCUT2D eigenvalue weighted by Gasteiger charge is 2.06. The maximum absolute atomic E-state index is 12.1. The number of nitrogens with one attached hydrogen (secondary N) is 3. The Bertz CT molecular complexity index is 904. The number of H-pyrrole nitrogens is 2. The van der Waals surface area contributed by atoms with Crippen LogP contribution in [0.2, 0.25) is 0 Å². The molecule has 1 heterocycles. The summed E-state index contributed by atoms with van der Waals surface area (Å²) < 4.78 is 0. The van der Waals surface area contributed by atoms with Gasteiger partial charge in [0.25, 0.3) is 0 Å². The first-order chi connectivity index (χ1) is 11.5. The lowest BCUT2D eigenvalue weighted by atomic mass is 10.0. The number of hydrogen-bond acceptors (Lipinski definition) is 2. The Balaban J connectivity index is 1.58. The van der Waals surface area contributed by atoms with Crippen molar-refractivity contribution in [2.45, 2.75) is 32.7 Å². The molecule has 1 amide bonds. The molecule has 24 heavy (non-hydrogen) atoms. The second kappa shape index (κ2) is 6.74. The number of hydrogen-bond donors (Lipinski definition) is 3. The molecule has 5 nitrogen and oxygen atoms in total. The number of carbonyl (C=O) groups is 1. The molecule has 0 spiro atoms. The first kappa shape index (κ1) is 16.1. The van der Waals surface area contributed by atoms with E-state index in [1.54, 1.807) is 0 Å². The first-order valence-corrected chi connectivity index (χ1v) is 8.08. The lowest BCUT2D eigenvalue weighted by molar-refractivity contribution is -0.120. The summed E-state index contributed by atoms with van der Waals surface area (Å²) in [6.45, 7) is 4.73. The van der Waals surface area contributed by atoms with Gasteiger partial charge in [0.05, 0.1) is 17.5 Å². The minimum atomic E-state index is -0.226. The third kappa shape index (κ3) is 3.74. The lowest BCUT2D eigenvalue weighted by Crippen LogP contribution is -2.24. The van der Waals surface area contributed by atoms with E-state index >= 15 is 0 Å². The lowest BCUT2D eigenvalue weighted by Gasteiger charge is -2.08. The van der Waals surface area contributed by atoms with Crippen LogP contribution in [0.25, 0.3) is 11.0 Å². The van der Waals surface area contributed by atoms with Crippen LogP contribution in [0.15, 0.2) is 47.3 Å². The second-order valence-electron chi connectivity index (χ2n) is 6.31. The zero-order valence-corrected chi connectivity index (χ0v) is 13.8. The molecule has 0 aliphatic heterocycles. The van der Waals surface area contributed by atoms with Crippen LogP contribution in [-0.2, 0) is 17.8 Å². The van der Waals surface area contributed by atoms with E-state index in [1.807, 2.05) is 30.3 Å². The predicted molar refractivity (Wildman–Crippen MR) is 95.0 cm³/mol. The van der Waals surface area contributed by atoms with Crippen LogP contribution in [0.4, 0.5) is 0 Å². The van der Waals surface area contributed by atoms with Gasteiger partial charge in [-0.2, -0.15) is 0 Å². The maximum Gasteiger partial charge on any atom is 0.323 e. The van der Waals surface area contributed by atoms with Gasteiger partial charge in [-0.1, -0.05) is 44.2 Å². The average Bonchev–Trinajstić information content (AvgIpc) is 2.92. The van der Waals surface area contributed by atoms with Crippen molar-refractivity contribution in [3.05, 3.63) is 69.6 Å². The van der Waals surface area contributed by atoms with Crippen molar-refractivity contribution in [2.24, 2.45) is 0 Å². The largest absolute Gasteiger partial charge is 0.352 e. The summed E-state index contributed by atoms with van der Waals surface area (Å²) in [4.78, 5) is 28.8. The molecule has 0 atom stereocenters. The molecule has 1 aromatic heterocycles. The van der Waals surface area contributed by atoms with Gasteiger partial charge < -0.3 is 15.3 Å². The first-order valence-electron chi connectivity index (χ1n) is 8.08. The van der Waals surface area contributed by atoms with Gasteiger partial charge in [-0.15, -0.1) is 0 Å². The van der Waals surface area contributed by atoms with E-state index in [0.717, 1.165) is 22.2 Å². The molecule has 0 fully saturated rings. The van der Waals surface area contributed by atoms with E-state index in [4.69, 9.17) is 0 Å². The van der Waals surface area contributed by atoms with Crippen LogP contribution in [-0.4, -0.2) is 15.9 Å². The smallest absolute Gasteiger partial charge is 0.323 e. The molecule has 0 saturated carbocycles. The summed E-state index contributed by atoms with van der Waals surface area (Å²) in [7, 11) is 0. The molecule has 0 unspecified atom stereocenters. The summed E-state index contributed by atoms with van der Waals surface area (Å²) in [6.07, 6.45) is 0.363. The summed E-state index contributed by atoms with van der Waals surface area (Å²) in [5.74, 6) is 0.470. The number of aromatic nitrogens is 2. The van der Waals surface area contributed by atoms with E-state index in [1.165, 1.54) is 5.56 Å². The summed E-state index contributed by atoms with van der Waals surface area (Å²) in [5.41, 5.74) is 4.50. The van der Waals surface area contributed by atoms with Gasteiger partial charge >= 0.3 is 5.69 Å². The van der Waals surface area contributed by atoms with E-state index in [-0.39, 0.29) is 11.6 Å². The number of rotatable bonds is 5. The Hall–Kier alpha value is -2.82.